The number of nitrogens with zero attached hydrogens (tertiary/aromatic N) is 7. The molecule has 5 atom stereocenters. The van der Waals surface area contributed by atoms with Gasteiger partial charge in [-0.1, -0.05) is 64.6 Å². The minimum atomic E-state index is -1.05. The average Bonchev–Trinajstić information content (AvgIpc) is 3.67. The number of urea groups is 1. The van der Waals surface area contributed by atoms with E-state index in [2.05, 4.69) is 90.9 Å². The van der Waals surface area contributed by atoms with E-state index in [0.29, 0.717) is 65.1 Å². The molecule has 6 bridgehead atoms. The number of cyclic esters (lactones) is 1. The Morgan fingerprint density at radius 2 is 1.80 bits per heavy atom. The number of hydrazine groups is 1. The molecule has 5 heterocycles. The van der Waals surface area contributed by atoms with Crippen LogP contribution in [-0.2, 0) is 48.0 Å². The molecule has 2 saturated heterocycles. The molecule has 0 aliphatic carbocycles. The summed E-state index contributed by atoms with van der Waals surface area (Å²) in [5.74, 6) is -1.72. The van der Waals surface area contributed by atoms with Crippen molar-refractivity contribution in [2.24, 2.45) is 11.3 Å². The maximum Gasteiger partial charge on any atom is 0.324 e. The van der Waals surface area contributed by atoms with Gasteiger partial charge in [0.05, 0.1) is 24.1 Å². The summed E-state index contributed by atoms with van der Waals surface area (Å²) in [7, 11) is 5.08. The molecule has 2 N–H and O–H groups in total. The highest BCUT2D eigenvalue weighted by molar-refractivity contribution is 5.96. The predicted molar refractivity (Wildman–Crippen MR) is 276 cm³/mol. The first kappa shape index (κ1) is 52.7. The first-order valence-corrected chi connectivity index (χ1v) is 25.3. The number of likely N-dealkylation sites (N-methyl/N-ethyl adjacent to an activating group) is 2. The number of hydrogen-bond donors (Lipinski definition) is 2. The van der Waals surface area contributed by atoms with Gasteiger partial charge in [0.2, 0.25) is 11.8 Å². The number of hydrogen-bond acceptors (Lipinski definition) is 10. The van der Waals surface area contributed by atoms with E-state index < -0.39 is 35.4 Å². The molecular formula is C55H75N9O7. The number of rotatable bonds is 12. The second-order valence-electron chi connectivity index (χ2n) is 20.7. The summed E-state index contributed by atoms with van der Waals surface area (Å²) < 4.78 is 14.3. The number of aryl methyl sites for hydroxylation is 1. The summed E-state index contributed by atoms with van der Waals surface area (Å²) in [4.78, 5) is 81.8. The normalized spacial score (nSPS) is 20.7. The SMILES string of the molecule is C=CC(=O)N(C)CCN1CCN(C(=O)N(C)C(C(=O)N[C@H]2Cc3cccc(c3)-c3ccc4c(c3)c(c(-c3cccnc3[C@H](C)OC)n4CC)CC(C)(C)COC(=O)[C@@H]3CCCN(N3)C2=O)C(C)C)C[C@@H]1C. The minimum Gasteiger partial charge on any atom is -0.464 e. The molecule has 16 heteroatoms. The van der Waals surface area contributed by atoms with Crippen molar-refractivity contribution >= 4 is 40.6 Å². The van der Waals surface area contributed by atoms with Gasteiger partial charge in [-0.25, -0.2) is 10.2 Å². The lowest BCUT2D eigenvalue weighted by Crippen LogP contribution is -2.63. The number of esters is 1. The first-order valence-electron chi connectivity index (χ1n) is 25.3. The van der Waals surface area contributed by atoms with Gasteiger partial charge in [0.15, 0.2) is 0 Å². The van der Waals surface area contributed by atoms with Crippen LogP contribution in [0.1, 0.15) is 84.2 Å². The third-order valence-electron chi connectivity index (χ3n) is 14.6. The van der Waals surface area contributed by atoms with Gasteiger partial charge in [-0.05, 0) is 98.5 Å². The maximum atomic E-state index is 14.8. The molecule has 382 valence electrons. The van der Waals surface area contributed by atoms with Crippen LogP contribution in [0.15, 0.2) is 73.4 Å². The Labute approximate surface area is 419 Å². The van der Waals surface area contributed by atoms with E-state index in [-0.39, 0.29) is 48.9 Å². The van der Waals surface area contributed by atoms with E-state index in [1.807, 2.05) is 39.0 Å². The van der Waals surface area contributed by atoms with Crippen LogP contribution in [0.3, 0.4) is 0 Å². The topological polar surface area (TPSA) is 162 Å². The third kappa shape index (κ3) is 11.7. The van der Waals surface area contributed by atoms with Gasteiger partial charge in [0.1, 0.15) is 18.1 Å². The quantitative estimate of drug-likeness (QED) is 0.119. The molecular weight excluding hydrogens is 899 g/mol. The van der Waals surface area contributed by atoms with E-state index in [1.54, 1.807) is 37.2 Å². The number of aromatic nitrogens is 2. The van der Waals surface area contributed by atoms with Crippen molar-refractivity contribution in [1.82, 2.24) is 44.9 Å². The van der Waals surface area contributed by atoms with Gasteiger partial charge >= 0.3 is 12.0 Å². The van der Waals surface area contributed by atoms with Crippen LogP contribution in [0.5, 0.6) is 0 Å². The molecule has 7 rings (SSSR count). The van der Waals surface area contributed by atoms with E-state index in [1.165, 1.54) is 16.0 Å². The number of benzene rings is 2. The van der Waals surface area contributed by atoms with Gasteiger partial charge in [-0.15, -0.1) is 0 Å². The Morgan fingerprint density at radius 1 is 1.04 bits per heavy atom. The van der Waals surface area contributed by atoms with Crippen LogP contribution in [0, 0.1) is 11.3 Å². The molecule has 3 aliphatic heterocycles. The fourth-order valence-corrected chi connectivity index (χ4v) is 10.6. The second kappa shape index (κ2) is 22.5. The van der Waals surface area contributed by atoms with Crippen molar-refractivity contribution in [3.05, 3.63) is 90.3 Å². The van der Waals surface area contributed by atoms with Crippen molar-refractivity contribution in [2.45, 2.75) is 111 Å². The summed E-state index contributed by atoms with van der Waals surface area (Å²) in [5, 5.41) is 5.64. The van der Waals surface area contributed by atoms with Crippen molar-refractivity contribution in [3.63, 3.8) is 0 Å². The van der Waals surface area contributed by atoms with Crippen LogP contribution in [0.25, 0.3) is 33.3 Å². The van der Waals surface area contributed by atoms with Crippen LogP contribution >= 0.6 is 0 Å². The Hall–Kier alpha value is -6.10. The molecule has 0 spiro atoms. The van der Waals surface area contributed by atoms with Crippen LogP contribution in [0.2, 0.25) is 0 Å². The molecule has 2 fully saturated rings. The standard InChI is InChI=1S/C55H75N9O7/c1-12-47(65)59(9)25-26-61-27-28-62(33-36(61)5)54(69)60(10)49(35(3)4)51(66)57-45-30-38-17-14-18-39(29-38)40-21-22-46-42(31-40)43(50(63(46)13-2)41-19-15-23-56-48(41)37(6)70-11)32-55(7,8)34-71-53(68)44-20-16-24-64(58-44)52(45)67/h12,14-15,17-19,21-23,29,31,35-37,44-45,49,58H,1,13,16,20,24-28,30,32-34H2,2-11H3,(H,57,66)/t36-,37-,44-,45-,49?/m0/s1. The van der Waals surface area contributed by atoms with Crippen LogP contribution in [0.4, 0.5) is 4.79 Å². The van der Waals surface area contributed by atoms with Crippen LogP contribution < -0.4 is 10.7 Å². The van der Waals surface area contributed by atoms with Gasteiger partial charge in [0.25, 0.3) is 5.91 Å². The largest absolute Gasteiger partial charge is 0.464 e. The average molecular weight is 974 g/mol. The molecule has 2 aromatic heterocycles. The summed E-state index contributed by atoms with van der Waals surface area (Å²) in [6.07, 6.45) is 4.61. The van der Waals surface area contributed by atoms with Gasteiger partial charge in [0, 0.05) is 108 Å². The molecule has 4 aromatic rings. The molecule has 0 radical (unpaired) electrons. The number of piperazine rings is 1. The van der Waals surface area contributed by atoms with Gasteiger partial charge < -0.3 is 34.1 Å². The number of carbonyl (C=O) groups is 5. The molecule has 3 aliphatic rings. The molecule has 16 nitrogen and oxygen atoms in total. The van der Waals surface area contributed by atoms with Crippen molar-refractivity contribution in [3.8, 4) is 22.4 Å². The number of pyridine rings is 1. The van der Waals surface area contributed by atoms with Gasteiger partial charge in [-0.3, -0.25) is 34.1 Å². The summed E-state index contributed by atoms with van der Waals surface area (Å²) >= 11 is 0. The van der Waals surface area contributed by atoms with Crippen LogP contribution in [-0.4, -0.2) is 155 Å². The lowest BCUT2D eigenvalue weighted by atomic mass is 9.84. The summed E-state index contributed by atoms with van der Waals surface area (Å²) in [5.41, 5.74) is 10.5. The number of amides is 5. The Morgan fingerprint density at radius 3 is 2.51 bits per heavy atom. The minimum absolute atomic E-state index is 0.0220. The fourth-order valence-electron chi connectivity index (χ4n) is 10.6. The highest BCUT2D eigenvalue weighted by Crippen LogP contribution is 2.42. The van der Waals surface area contributed by atoms with E-state index in [9.17, 15) is 24.0 Å². The zero-order valence-corrected chi connectivity index (χ0v) is 43.5. The Kier molecular flexibility index (Phi) is 16.7. The van der Waals surface area contributed by atoms with Crippen molar-refractivity contribution < 1.29 is 33.4 Å². The Bertz CT molecular complexity index is 2610. The predicted octanol–water partition coefficient (Wildman–Crippen LogP) is 6.47. The number of carbonyl (C=O) groups excluding carboxylic acids is 5. The molecule has 71 heavy (non-hydrogen) atoms. The second-order valence-corrected chi connectivity index (χ2v) is 20.7. The molecule has 1 unspecified atom stereocenters. The first-order chi connectivity index (χ1) is 33.9. The van der Waals surface area contributed by atoms with E-state index in [0.717, 1.165) is 50.1 Å². The zero-order chi connectivity index (χ0) is 51.3. The number of ether oxygens (including phenoxy) is 2. The Balaban J connectivity index is 1.22. The highest BCUT2D eigenvalue weighted by atomic mass is 16.5. The van der Waals surface area contributed by atoms with E-state index in [4.69, 9.17) is 14.5 Å². The third-order valence-corrected chi connectivity index (χ3v) is 14.6. The smallest absolute Gasteiger partial charge is 0.324 e. The summed E-state index contributed by atoms with van der Waals surface area (Å²) in [6.45, 7) is 21.7. The maximum absolute atomic E-state index is 14.8. The zero-order valence-electron chi connectivity index (χ0n) is 43.5. The van der Waals surface area contributed by atoms with Crippen molar-refractivity contribution in [1.29, 1.82) is 0 Å². The number of methoxy groups -OCH3 is 1. The lowest BCUT2D eigenvalue weighted by Gasteiger charge is -2.43. The van der Waals surface area contributed by atoms with Gasteiger partial charge in [-0.2, -0.15) is 0 Å². The molecule has 5 amide bonds. The number of fused-ring (bicyclic) bond motifs is 6. The van der Waals surface area contributed by atoms with Crippen molar-refractivity contribution in [2.75, 3.05) is 67.1 Å². The number of nitrogens with one attached hydrogen (secondary N) is 2. The summed E-state index contributed by atoms with van der Waals surface area (Å²) in [6, 6.07) is 15.7. The monoisotopic (exact) mass is 974 g/mol. The lowest BCUT2D eigenvalue weighted by molar-refractivity contribution is -0.155. The fraction of sp³-hybridized carbons (Fsp3) is 0.527. The molecule has 0 saturated carbocycles. The highest BCUT2D eigenvalue weighted by Gasteiger charge is 2.39. The van der Waals surface area contributed by atoms with E-state index >= 15 is 0 Å². The molecule has 2 aromatic carbocycles.